The monoisotopic (exact) mass is 267 g/mol. The highest BCUT2D eigenvalue weighted by Crippen LogP contribution is 2.19. The third-order valence-corrected chi connectivity index (χ3v) is 2.69. The molecule has 78 valence electrons. The number of hydrogen-bond donors (Lipinski definition) is 1. The summed E-state index contributed by atoms with van der Waals surface area (Å²) in [7, 11) is 0. The fourth-order valence-corrected chi connectivity index (χ4v) is 1.57. The first-order valence-corrected chi connectivity index (χ1v) is 5.31. The van der Waals surface area contributed by atoms with Crippen molar-refractivity contribution in [3.8, 4) is 0 Å². The number of hydrogen-bond acceptors (Lipinski definition) is 4. The van der Waals surface area contributed by atoms with Gasteiger partial charge in [0, 0.05) is 18.3 Å². The van der Waals surface area contributed by atoms with Crippen LogP contribution in [0.5, 0.6) is 0 Å². The fraction of sp³-hybridized carbons (Fsp3) is 0.200. The van der Waals surface area contributed by atoms with E-state index in [0.717, 1.165) is 21.5 Å². The minimum Gasteiger partial charge on any atom is -0.365 e. The first kappa shape index (κ1) is 10.2. The summed E-state index contributed by atoms with van der Waals surface area (Å²) in [5, 5.41) is 7.00. The maximum absolute atomic E-state index is 4.84. The molecule has 0 saturated heterocycles. The van der Waals surface area contributed by atoms with Gasteiger partial charge in [0.25, 0.3) is 0 Å². The van der Waals surface area contributed by atoms with Crippen molar-refractivity contribution in [3.05, 3.63) is 40.3 Å². The molecule has 0 amide bonds. The second kappa shape index (κ2) is 4.44. The van der Waals surface area contributed by atoms with Crippen LogP contribution in [-0.4, -0.2) is 10.1 Å². The third kappa shape index (κ3) is 2.36. The first-order valence-electron chi connectivity index (χ1n) is 4.51. The van der Waals surface area contributed by atoms with E-state index in [9.17, 15) is 0 Å². The molecular weight excluding hydrogens is 258 g/mol. The van der Waals surface area contributed by atoms with Gasteiger partial charge in [-0.1, -0.05) is 5.16 Å². The predicted octanol–water partition coefficient (Wildman–Crippen LogP) is 2.75. The SMILES string of the molecule is Cc1nocc1CNc1ncccc1Br. The molecule has 0 spiro atoms. The molecule has 0 fully saturated rings. The molecular formula is C10H10BrN3O. The molecule has 2 aromatic rings. The molecule has 1 N–H and O–H groups in total. The minimum atomic E-state index is 0.658. The van der Waals surface area contributed by atoms with Gasteiger partial charge < -0.3 is 9.84 Å². The molecule has 0 saturated carbocycles. The molecule has 0 atom stereocenters. The van der Waals surface area contributed by atoms with Gasteiger partial charge >= 0.3 is 0 Å². The Balaban J connectivity index is 2.06. The largest absolute Gasteiger partial charge is 0.365 e. The van der Waals surface area contributed by atoms with Crippen LogP contribution in [0.25, 0.3) is 0 Å². The minimum absolute atomic E-state index is 0.658. The van der Waals surface area contributed by atoms with Gasteiger partial charge in [0.15, 0.2) is 0 Å². The highest BCUT2D eigenvalue weighted by Gasteiger charge is 2.04. The summed E-state index contributed by atoms with van der Waals surface area (Å²) >= 11 is 3.42. The van der Waals surface area contributed by atoms with Gasteiger partial charge in [-0.3, -0.25) is 0 Å². The molecule has 0 radical (unpaired) electrons. The van der Waals surface area contributed by atoms with Crippen LogP contribution in [0.1, 0.15) is 11.3 Å². The Bertz CT molecular complexity index is 455. The first-order chi connectivity index (χ1) is 7.27. The van der Waals surface area contributed by atoms with Crippen LogP contribution in [0.4, 0.5) is 5.82 Å². The van der Waals surface area contributed by atoms with Crippen molar-refractivity contribution in [1.82, 2.24) is 10.1 Å². The lowest BCUT2D eigenvalue weighted by molar-refractivity contribution is 0.414. The van der Waals surface area contributed by atoms with E-state index in [4.69, 9.17) is 4.52 Å². The van der Waals surface area contributed by atoms with Gasteiger partial charge in [-0.15, -0.1) is 0 Å². The van der Waals surface area contributed by atoms with Crippen LogP contribution in [0.15, 0.2) is 33.6 Å². The number of nitrogens with zero attached hydrogens (tertiary/aromatic N) is 2. The Morgan fingerprint density at radius 1 is 1.53 bits per heavy atom. The van der Waals surface area contributed by atoms with Gasteiger partial charge in [0.1, 0.15) is 12.1 Å². The molecule has 2 heterocycles. The summed E-state index contributed by atoms with van der Waals surface area (Å²) in [6, 6.07) is 3.82. The van der Waals surface area contributed by atoms with E-state index in [1.54, 1.807) is 12.5 Å². The van der Waals surface area contributed by atoms with E-state index in [2.05, 4.69) is 31.4 Å². The molecule has 0 unspecified atom stereocenters. The van der Waals surface area contributed by atoms with Crippen molar-refractivity contribution in [1.29, 1.82) is 0 Å². The zero-order valence-corrected chi connectivity index (χ0v) is 9.78. The molecule has 2 aromatic heterocycles. The highest BCUT2D eigenvalue weighted by atomic mass is 79.9. The molecule has 0 aliphatic rings. The van der Waals surface area contributed by atoms with Gasteiger partial charge in [-0.25, -0.2) is 4.98 Å². The smallest absolute Gasteiger partial charge is 0.140 e. The maximum Gasteiger partial charge on any atom is 0.140 e. The van der Waals surface area contributed by atoms with Crippen LogP contribution in [-0.2, 0) is 6.54 Å². The Hall–Kier alpha value is -1.36. The predicted molar refractivity (Wildman–Crippen MR) is 60.5 cm³/mol. The van der Waals surface area contributed by atoms with Gasteiger partial charge in [-0.05, 0) is 35.0 Å². The Morgan fingerprint density at radius 2 is 2.40 bits per heavy atom. The van der Waals surface area contributed by atoms with Crippen molar-refractivity contribution < 1.29 is 4.52 Å². The van der Waals surface area contributed by atoms with E-state index in [0.29, 0.717) is 6.54 Å². The van der Waals surface area contributed by atoms with Gasteiger partial charge in [-0.2, -0.15) is 0 Å². The molecule has 0 bridgehead atoms. The lowest BCUT2D eigenvalue weighted by Gasteiger charge is -2.05. The van der Waals surface area contributed by atoms with Crippen LogP contribution in [0.3, 0.4) is 0 Å². The zero-order chi connectivity index (χ0) is 10.7. The fourth-order valence-electron chi connectivity index (χ4n) is 1.18. The summed E-state index contributed by atoms with van der Waals surface area (Å²) in [5.74, 6) is 0.818. The lowest BCUT2D eigenvalue weighted by atomic mass is 10.3. The van der Waals surface area contributed by atoms with E-state index in [1.165, 1.54) is 0 Å². The van der Waals surface area contributed by atoms with Crippen molar-refractivity contribution in [3.63, 3.8) is 0 Å². The topological polar surface area (TPSA) is 51.0 Å². The van der Waals surface area contributed by atoms with Crippen LogP contribution < -0.4 is 5.32 Å². The van der Waals surface area contributed by atoms with Gasteiger partial charge in [0.2, 0.25) is 0 Å². The summed E-state index contributed by atoms with van der Waals surface area (Å²) < 4.78 is 5.79. The van der Waals surface area contributed by atoms with E-state index in [-0.39, 0.29) is 0 Å². The molecule has 0 aromatic carbocycles. The van der Waals surface area contributed by atoms with E-state index >= 15 is 0 Å². The Morgan fingerprint density at radius 3 is 3.07 bits per heavy atom. The standard InChI is InChI=1S/C10H10BrN3O/c1-7-8(6-15-14-7)5-13-10-9(11)3-2-4-12-10/h2-4,6H,5H2,1H3,(H,12,13). The average Bonchev–Trinajstić information content (AvgIpc) is 2.63. The quantitative estimate of drug-likeness (QED) is 0.929. The number of anilines is 1. The number of nitrogens with one attached hydrogen (secondary N) is 1. The summed E-state index contributed by atoms with van der Waals surface area (Å²) in [5.41, 5.74) is 1.93. The van der Waals surface area contributed by atoms with E-state index in [1.807, 2.05) is 19.1 Å². The molecule has 4 nitrogen and oxygen atoms in total. The second-order valence-electron chi connectivity index (χ2n) is 3.11. The number of aromatic nitrogens is 2. The summed E-state index contributed by atoms with van der Waals surface area (Å²) in [4.78, 5) is 4.20. The molecule has 0 aliphatic carbocycles. The molecule has 15 heavy (non-hydrogen) atoms. The zero-order valence-electron chi connectivity index (χ0n) is 8.20. The highest BCUT2D eigenvalue weighted by molar-refractivity contribution is 9.10. The van der Waals surface area contributed by atoms with Gasteiger partial charge in [0.05, 0.1) is 10.2 Å². The maximum atomic E-state index is 4.84. The van der Waals surface area contributed by atoms with Crippen LogP contribution >= 0.6 is 15.9 Å². The van der Waals surface area contributed by atoms with Crippen molar-refractivity contribution in [2.24, 2.45) is 0 Å². The third-order valence-electron chi connectivity index (χ3n) is 2.05. The molecule has 0 aliphatic heterocycles. The van der Waals surface area contributed by atoms with E-state index < -0.39 is 0 Å². The van der Waals surface area contributed by atoms with Crippen LogP contribution in [0.2, 0.25) is 0 Å². The van der Waals surface area contributed by atoms with Crippen molar-refractivity contribution in [2.45, 2.75) is 13.5 Å². The second-order valence-corrected chi connectivity index (χ2v) is 3.97. The summed E-state index contributed by atoms with van der Waals surface area (Å²) in [6.45, 7) is 2.57. The molecule has 2 rings (SSSR count). The summed E-state index contributed by atoms with van der Waals surface area (Å²) in [6.07, 6.45) is 3.38. The lowest BCUT2D eigenvalue weighted by Crippen LogP contribution is -2.02. The normalized spacial score (nSPS) is 10.3. The number of halogens is 1. The molecule has 5 heteroatoms. The van der Waals surface area contributed by atoms with Crippen molar-refractivity contribution in [2.75, 3.05) is 5.32 Å². The number of rotatable bonds is 3. The average molecular weight is 268 g/mol. The Kier molecular flexibility index (Phi) is 3.01. The Labute approximate surface area is 95.8 Å². The number of pyridine rings is 1. The number of aryl methyl sites for hydroxylation is 1. The van der Waals surface area contributed by atoms with Crippen molar-refractivity contribution >= 4 is 21.7 Å². The van der Waals surface area contributed by atoms with Crippen LogP contribution in [0, 0.1) is 6.92 Å².